The fourth-order valence-corrected chi connectivity index (χ4v) is 3.48. The van der Waals surface area contributed by atoms with Crippen molar-refractivity contribution in [2.24, 2.45) is 5.73 Å². The van der Waals surface area contributed by atoms with Crippen LogP contribution in [0, 0.1) is 0 Å². The second-order valence-corrected chi connectivity index (χ2v) is 11.9. The predicted octanol–water partition coefficient (Wildman–Crippen LogP) is 1.88. The number of carbonyl (C=O) groups is 1. The molecule has 0 radical (unpaired) electrons. The van der Waals surface area contributed by atoms with E-state index >= 15 is 0 Å². The van der Waals surface area contributed by atoms with Gasteiger partial charge in [-0.3, -0.25) is 4.68 Å². The molecule has 0 aliphatic heterocycles. The number of primary amides is 1. The first-order valence-corrected chi connectivity index (χ1v) is 9.99. The van der Waals surface area contributed by atoms with E-state index in [4.69, 9.17) is 10.5 Å². The zero-order valence-corrected chi connectivity index (χ0v) is 12.7. The lowest BCUT2D eigenvalue weighted by molar-refractivity contribution is -0.210. The SMILES string of the molecule is C[Si](C)(C)Cn1cc(C2(OC(N)=O)CC(F)(F)C2)nn1. The van der Waals surface area contributed by atoms with Crippen molar-refractivity contribution in [1.82, 2.24) is 15.0 Å². The van der Waals surface area contributed by atoms with Crippen molar-refractivity contribution >= 4 is 14.2 Å². The van der Waals surface area contributed by atoms with Crippen LogP contribution in [0.25, 0.3) is 0 Å². The highest BCUT2D eigenvalue weighted by molar-refractivity contribution is 6.74. The van der Waals surface area contributed by atoms with Gasteiger partial charge in [-0.05, 0) is 0 Å². The summed E-state index contributed by atoms with van der Waals surface area (Å²) in [6.45, 7) is 6.46. The Kier molecular flexibility index (Phi) is 3.35. The number of carbonyl (C=O) groups excluding carboxylic acids is 1. The molecule has 20 heavy (non-hydrogen) atoms. The Balaban J connectivity index is 2.21. The summed E-state index contributed by atoms with van der Waals surface area (Å²) in [7, 11) is -1.42. The minimum Gasteiger partial charge on any atom is -0.436 e. The maximum absolute atomic E-state index is 13.2. The number of aromatic nitrogens is 3. The van der Waals surface area contributed by atoms with Gasteiger partial charge in [0.05, 0.1) is 27.1 Å². The lowest BCUT2D eigenvalue weighted by Crippen LogP contribution is -2.53. The third kappa shape index (κ3) is 3.14. The molecule has 2 N–H and O–H groups in total. The minimum atomic E-state index is -2.86. The summed E-state index contributed by atoms with van der Waals surface area (Å²) in [4.78, 5) is 10.9. The Hall–Kier alpha value is -1.51. The molecule has 1 fully saturated rings. The smallest absolute Gasteiger partial charge is 0.405 e. The van der Waals surface area contributed by atoms with E-state index in [9.17, 15) is 13.6 Å². The van der Waals surface area contributed by atoms with E-state index in [0.717, 1.165) is 0 Å². The van der Waals surface area contributed by atoms with Crippen LogP contribution in [0.2, 0.25) is 19.6 Å². The van der Waals surface area contributed by atoms with Crippen LogP contribution in [-0.2, 0) is 16.5 Å². The number of hydrogen-bond donors (Lipinski definition) is 1. The molecule has 6 nitrogen and oxygen atoms in total. The lowest BCUT2D eigenvalue weighted by Gasteiger charge is -2.44. The number of hydrogen-bond acceptors (Lipinski definition) is 4. The predicted molar refractivity (Wildman–Crippen MR) is 69.9 cm³/mol. The maximum Gasteiger partial charge on any atom is 0.405 e. The third-order valence-corrected chi connectivity index (χ3v) is 4.30. The van der Waals surface area contributed by atoms with Crippen molar-refractivity contribution in [2.75, 3.05) is 0 Å². The average Bonchev–Trinajstić information content (AvgIpc) is 2.58. The Morgan fingerprint density at radius 2 is 2.10 bits per heavy atom. The lowest BCUT2D eigenvalue weighted by atomic mass is 9.74. The van der Waals surface area contributed by atoms with Gasteiger partial charge in [0.2, 0.25) is 0 Å². The summed E-state index contributed by atoms with van der Waals surface area (Å²) in [5.74, 6) is -2.86. The quantitative estimate of drug-likeness (QED) is 0.861. The fourth-order valence-electron chi connectivity index (χ4n) is 2.35. The number of nitrogens with zero attached hydrogens (tertiary/aromatic N) is 3. The van der Waals surface area contributed by atoms with Crippen molar-refractivity contribution in [2.45, 2.75) is 50.2 Å². The molecule has 1 aromatic rings. The number of nitrogens with two attached hydrogens (primary N) is 1. The molecule has 1 aliphatic rings. The van der Waals surface area contributed by atoms with Crippen LogP contribution in [0.15, 0.2) is 6.20 Å². The van der Waals surface area contributed by atoms with Gasteiger partial charge in [0.25, 0.3) is 5.92 Å². The highest BCUT2D eigenvalue weighted by atomic mass is 28.3. The first-order valence-electron chi connectivity index (χ1n) is 6.28. The molecule has 0 unspecified atom stereocenters. The summed E-state index contributed by atoms with van der Waals surface area (Å²) in [6.07, 6.45) is -0.0110. The van der Waals surface area contributed by atoms with E-state index in [1.807, 2.05) is 0 Å². The van der Waals surface area contributed by atoms with Crippen molar-refractivity contribution in [3.8, 4) is 0 Å². The van der Waals surface area contributed by atoms with Crippen LogP contribution < -0.4 is 5.73 Å². The Bertz CT molecular complexity index is 519. The monoisotopic (exact) mass is 304 g/mol. The van der Waals surface area contributed by atoms with Gasteiger partial charge in [-0.25, -0.2) is 13.6 Å². The summed E-state index contributed by atoms with van der Waals surface area (Å²) in [5, 5.41) is 7.81. The second kappa shape index (κ2) is 4.50. The Morgan fingerprint density at radius 3 is 2.55 bits per heavy atom. The zero-order valence-electron chi connectivity index (χ0n) is 11.7. The summed E-state index contributed by atoms with van der Waals surface area (Å²) < 4.78 is 32.8. The highest BCUT2D eigenvalue weighted by Gasteiger charge is 2.62. The van der Waals surface area contributed by atoms with Crippen LogP contribution in [0.1, 0.15) is 18.5 Å². The first kappa shape index (κ1) is 14.9. The standard InChI is InChI=1S/C11H18F2N4O2Si/c1-20(2,3)7-17-4-8(15-16-17)10(19-9(14)18)5-11(12,13)6-10/h4H,5-7H2,1-3H3,(H2,14,18). The molecule has 1 amide bonds. The molecule has 1 aliphatic carbocycles. The first-order chi connectivity index (χ1) is 9.01. The molecule has 1 saturated carbocycles. The van der Waals surface area contributed by atoms with Crippen LogP contribution in [-0.4, -0.2) is 35.1 Å². The van der Waals surface area contributed by atoms with Crippen LogP contribution >= 0.6 is 0 Å². The van der Waals surface area contributed by atoms with Gasteiger partial charge in [-0.2, -0.15) is 0 Å². The molecule has 0 spiro atoms. The van der Waals surface area contributed by atoms with E-state index in [1.54, 1.807) is 10.9 Å². The molecule has 1 aromatic heterocycles. The molecular formula is C11H18F2N4O2Si. The van der Waals surface area contributed by atoms with Crippen molar-refractivity contribution in [3.05, 3.63) is 11.9 Å². The van der Waals surface area contributed by atoms with Gasteiger partial charge in [-0.15, -0.1) is 5.10 Å². The third-order valence-electron chi connectivity index (χ3n) is 3.03. The van der Waals surface area contributed by atoms with Gasteiger partial charge in [0, 0.05) is 6.17 Å². The minimum absolute atomic E-state index is 0.237. The molecule has 0 aromatic carbocycles. The number of halogens is 2. The fraction of sp³-hybridized carbons (Fsp3) is 0.727. The van der Waals surface area contributed by atoms with Crippen molar-refractivity contribution in [3.63, 3.8) is 0 Å². The normalized spacial score (nSPS) is 20.2. The number of amides is 1. The molecule has 112 valence electrons. The van der Waals surface area contributed by atoms with Gasteiger partial charge in [0.1, 0.15) is 5.69 Å². The van der Waals surface area contributed by atoms with Gasteiger partial charge >= 0.3 is 6.09 Å². The number of ether oxygens (including phenoxy) is 1. The molecule has 9 heteroatoms. The maximum atomic E-state index is 13.2. The molecule has 1 heterocycles. The highest BCUT2D eigenvalue weighted by Crippen LogP contribution is 2.53. The van der Waals surface area contributed by atoms with Gasteiger partial charge < -0.3 is 10.5 Å². The summed E-state index contributed by atoms with van der Waals surface area (Å²) in [5.41, 5.74) is 3.77. The molecule has 0 bridgehead atoms. The van der Waals surface area contributed by atoms with Gasteiger partial charge in [-0.1, -0.05) is 24.9 Å². The van der Waals surface area contributed by atoms with E-state index in [2.05, 4.69) is 30.0 Å². The second-order valence-electron chi connectivity index (χ2n) is 6.49. The summed E-state index contributed by atoms with van der Waals surface area (Å²) >= 11 is 0. The average molecular weight is 304 g/mol. The number of rotatable bonds is 4. The van der Waals surface area contributed by atoms with E-state index in [0.29, 0.717) is 6.17 Å². The molecule has 0 atom stereocenters. The van der Waals surface area contributed by atoms with Gasteiger partial charge in [0.15, 0.2) is 5.60 Å². The van der Waals surface area contributed by atoms with E-state index in [1.165, 1.54) is 0 Å². The van der Waals surface area contributed by atoms with E-state index < -0.39 is 38.5 Å². The van der Waals surface area contributed by atoms with Crippen LogP contribution in [0.3, 0.4) is 0 Å². The van der Waals surface area contributed by atoms with Crippen LogP contribution in [0.5, 0.6) is 0 Å². The molecule has 2 rings (SSSR count). The van der Waals surface area contributed by atoms with Crippen LogP contribution in [0.4, 0.5) is 13.6 Å². The summed E-state index contributed by atoms with van der Waals surface area (Å²) in [6, 6.07) is 0. The van der Waals surface area contributed by atoms with Crippen molar-refractivity contribution < 1.29 is 18.3 Å². The molecule has 0 saturated heterocycles. The Labute approximate surface area is 116 Å². The number of alkyl halides is 2. The Morgan fingerprint density at radius 1 is 1.50 bits per heavy atom. The largest absolute Gasteiger partial charge is 0.436 e. The van der Waals surface area contributed by atoms with Crippen molar-refractivity contribution in [1.29, 1.82) is 0 Å². The molecular weight excluding hydrogens is 286 g/mol. The van der Waals surface area contributed by atoms with E-state index in [-0.39, 0.29) is 5.69 Å². The zero-order chi connectivity index (χ0) is 15.2. The topological polar surface area (TPSA) is 83.0 Å².